The van der Waals surface area contributed by atoms with Crippen LogP contribution < -0.4 is 0 Å². The summed E-state index contributed by atoms with van der Waals surface area (Å²) in [5, 5.41) is 0. The molecular weight excluding hydrogens is 312 g/mol. The molecule has 0 heterocycles. The lowest BCUT2D eigenvalue weighted by Crippen LogP contribution is -1.99. The molecule has 0 amide bonds. The number of allylic oxidation sites excluding steroid dienone is 1. The van der Waals surface area contributed by atoms with Gasteiger partial charge in [0.15, 0.2) is 0 Å². The highest BCUT2D eigenvalue weighted by Crippen LogP contribution is 2.25. The number of rotatable bonds is 8. The third-order valence-electron chi connectivity index (χ3n) is 4.85. The van der Waals surface area contributed by atoms with Crippen molar-refractivity contribution in [1.29, 1.82) is 0 Å². The van der Waals surface area contributed by atoms with Crippen molar-refractivity contribution in [3.8, 4) is 0 Å². The zero-order chi connectivity index (χ0) is 18.0. The first kappa shape index (κ1) is 18.2. The summed E-state index contributed by atoms with van der Waals surface area (Å²) in [7, 11) is 0. The first-order valence-electron chi connectivity index (χ1n) is 9.68. The second kappa shape index (κ2) is 9.77. The Hall–Kier alpha value is -2.60. The summed E-state index contributed by atoms with van der Waals surface area (Å²) in [6.45, 7) is 2.37. The summed E-state index contributed by atoms with van der Waals surface area (Å²) < 4.78 is 0. The minimum atomic E-state index is 0.725. The molecule has 3 aromatic carbocycles. The molecule has 0 aromatic heterocycles. The van der Waals surface area contributed by atoms with E-state index in [2.05, 4.69) is 104 Å². The maximum absolute atomic E-state index is 2.42. The molecule has 132 valence electrons. The van der Waals surface area contributed by atoms with Gasteiger partial charge < -0.3 is 0 Å². The Morgan fingerprint density at radius 1 is 0.731 bits per heavy atom. The summed E-state index contributed by atoms with van der Waals surface area (Å²) in [6, 6.07) is 32.3. The van der Waals surface area contributed by atoms with Crippen LogP contribution in [0.2, 0.25) is 0 Å². The van der Waals surface area contributed by atoms with E-state index < -0.39 is 0 Å². The van der Waals surface area contributed by atoms with Crippen molar-refractivity contribution in [1.82, 2.24) is 0 Å². The molecule has 0 saturated carbocycles. The van der Waals surface area contributed by atoms with Crippen LogP contribution in [0.1, 0.15) is 42.9 Å². The van der Waals surface area contributed by atoms with Crippen LogP contribution in [-0.2, 0) is 6.42 Å². The van der Waals surface area contributed by atoms with E-state index in [0.717, 1.165) is 12.3 Å². The van der Waals surface area contributed by atoms with Gasteiger partial charge in [-0.1, -0.05) is 110 Å². The van der Waals surface area contributed by atoms with Crippen LogP contribution in [0.5, 0.6) is 0 Å². The Bertz CT molecular complexity index is 744. The largest absolute Gasteiger partial charge is 0.0761 e. The van der Waals surface area contributed by atoms with Crippen LogP contribution >= 0.6 is 0 Å². The van der Waals surface area contributed by atoms with Gasteiger partial charge in [-0.3, -0.25) is 0 Å². The smallest absolute Gasteiger partial charge is 0.0151 e. The fourth-order valence-electron chi connectivity index (χ4n) is 3.47. The molecule has 0 saturated heterocycles. The SMILES string of the molecule is CC(CCCC=C(c1ccccc1)c1ccccc1)Cc1ccccc1. The third kappa shape index (κ3) is 5.46. The van der Waals surface area contributed by atoms with Gasteiger partial charge in [-0.15, -0.1) is 0 Å². The molecule has 1 atom stereocenters. The average molecular weight is 341 g/mol. The minimum Gasteiger partial charge on any atom is -0.0761 e. The second-order valence-electron chi connectivity index (χ2n) is 7.08. The molecule has 0 N–H and O–H groups in total. The van der Waals surface area contributed by atoms with Crippen molar-refractivity contribution < 1.29 is 0 Å². The normalized spacial score (nSPS) is 11.7. The van der Waals surface area contributed by atoms with Crippen molar-refractivity contribution in [2.24, 2.45) is 5.92 Å². The predicted octanol–water partition coefficient (Wildman–Crippen LogP) is 7.17. The van der Waals surface area contributed by atoms with E-state index >= 15 is 0 Å². The highest BCUT2D eigenvalue weighted by molar-refractivity contribution is 5.79. The highest BCUT2D eigenvalue weighted by atomic mass is 14.1. The number of hydrogen-bond donors (Lipinski definition) is 0. The zero-order valence-corrected chi connectivity index (χ0v) is 15.6. The molecule has 3 rings (SSSR count). The van der Waals surface area contributed by atoms with E-state index in [-0.39, 0.29) is 0 Å². The lowest BCUT2D eigenvalue weighted by atomic mass is 9.93. The minimum absolute atomic E-state index is 0.725. The molecule has 0 fully saturated rings. The Morgan fingerprint density at radius 3 is 1.77 bits per heavy atom. The number of unbranched alkanes of at least 4 members (excludes halogenated alkanes) is 1. The van der Waals surface area contributed by atoms with Crippen LogP contribution in [0.15, 0.2) is 97.1 Å². The average Bonchev–Trinajstić information content (AvgIpc) is 2.70. The van der Waals surface area contributed by atoms with Gasteiger partial charge in [0.2, 0.25) is 0 Å². The van der Waals surface area contributed by atoms with E-state index in [4.69, 9.17) is 0 Å². The predicted molar refractivity (Wildman–Crippen MR) is 113 cm³/mol. The Labute approximate surface area is 158 Å². The molecule has 26 heavy (non-hydrogen) atoms. The molecule has 0 nitrogen and oxygen atoms in total. The summed E-state index contributed by atoms with van der Waals surface area (Å²) in [6.07, 6.45) is 7.21. The van der Waals surface area contributed by atoms with Gasteiger partial charge in [0.25, 0.3) is 0 Å². The Morgan fingerprint density at radius 2 is 1.23 bits per heavy atom. The van der Waals surface area contributed by atoms with Gasteiger partial charge >= 0.3 is 0 Å². The summed E-state index contributed by atoms with van der Waals surface area (Å²) in [5.41, 5.74) is 5.40. The second-order valence-corrected chi connectivity index (χ2v) is 7.08. The maximum atomic E-state index is 2.42. The first-order chi connectivity index (χ1) is 12.8. The highest BCUT2D eigenvalue weighted by Gasteiger charge is 2.06. The van der Waals surface area contributed by atoms with Crippen molar-refractivity contribution in [3.05, 3.63) is 114 Å². The van der Waals surface area contributed by atoms with Crippen molar-refractivity contribution >= 4 is 5.57 Å². The zero-order valence-electron chi connectivity index (χ0n) is 15.6. The van der Waals surface area contributed by atoms with Gasteiger partial charge in [0.1, 0.15) is 0 Å². The lowest BCUT2D eigenvalue weighted by molar-refractivity contribution is 0.511. The van der Waals surface area contributed by atoms with Crippen LogP contribution in [0.4, 0.5) is 0 Å². The molecule has 0 heteroatoms. The maximum Gasteiger partial charge on any atom is -0.0151 e. The number of benzene rings is 3. The summed E-state index contributed by atoms with van der Waals surface area (Å²) in [4.78, 5) is 0. The summed E-state index contributed by atoms with van der Waals surface area (Å²) >= 11 is 0. The standard InChI is InChI=1S/C26H28/c1-22(21-23-14-5-2-6-15-23)13-11-12-20-26(24-16-7-3-8-17-24)25-18-9-4-10-19-25/h2-10,14-20,22H,11-13,21H2,1H3. The van der Waals surface area contributed by atoms with Gasteiger partial charge in [-0.25, -0.2) is 0 Å². The molecule has 0 aliphatic carbocycles. The fraction of sp³-hybridized carbons (Fsp3) is 0.231. The van der Waals surface area contributed by atoms with Crippen LogP contribution in [0.3, 0.4) is 0 Å². The van der Waals surface area contributed by atoms with Crippen LogP contribution in [-0.4, -0.2) is 0 Å². The van der Waals surface area contributed by atoms with Crippen molar-refractivity contribution in [3.63, 3.8) is 0 Å². The van der Waals surface area contributed by atoms with E-state index in [1.54, 1.807) is 0 Å². The molecule has 0 aliphatic rings. The van der Waals surface area contributed by atoms with Crippen molar-refractivity contribution in [2.45, 2.75) is 32.6 Å². The van der Waals surface area contributed by atoms with Gasteiger partial charge in [0, 0.05) is 0 Å². The van der Waals surface area contributed by atoms with Gasteiger partial charge in [-0.2, -0.15) is 0 Å². The van der Waals surface area contributed by atoms with E-state index in [9.17, 15) is 0 Å². The van der Waals surface area contributed by atoms with E-state index in [1.165, 1.54) is 41.5 Å². The molecule has 0 aliphatic heterocycles. The fourth-order valence-corrected chi connectivity index (χ4v) is 3.47. The Kier molecular flexibility index (Phi) is 6.84. The monoisotopic (exact) mass is 340 g/mol. The van der Waals surface area contributed by atoms with Crippen LogP contribution in [0, 0.1) is 5.92 Å². The topological polar surface area (TPSA) is 0 Å². The van der Waals surface area contributed by atoms with Crippen LogP contribution in [0.25, 0.3) is 5.57 Å². The molecule has 1 unspecified atom stereocenters. The molecule has 0 spiro atoms. The van der Waals surface area contributed by atoms with E-state index in [0.29, 0.717) is 0 Å². The molecular formula is C26H28. The first-order valence-corrected chi connectivity index (χ1v) is 9.68. The number of hydrogen-bond acceptors (Lipinski definition) is 0. The van der Waals surface area contributed by atoms with Crippen molar-refractivity contribution in [2.75, 3.05) is 0 Å². The quantitative estimate of drug-likeness (QED) is 0.381. The van der Waals surface area contributed by atoms with Gasteiger partial charge in [-0.05, 0) is 47.4 Å². The van der Waals surface area contributed by atoms with E-state index in [1.807, 2.05) is 0 Å². The molecule has 3 aromatic rings. The van der Waals surface area contributed by atoms with Gasteiger partial charge in [0.05, 0.1) is 0 Å². The summed E-state index contributed by atoms with van der Waals surface area (Å²) in [5.74, 6) is 0.725. The molecule has 0 radical (unpaired) electrons. The third-order valence-corrected chi connectivity index (χ3v) is 4.85. The Balaban J connectivity index is 1.60. The lowest BCUT2D eigenvalue weighted by Gasteiger charge is -2.12. The molecule has 0 bridgehead atoms.